The fourth-order valence-corrected chi connectivity index (χ4v) is 5.12. The van der Waals surface area contributed by atoms with Crippen LogP contribution in [0, 0.1) is 0 Å². The van der Waals surface area contributed by atoms with Gasteiger partial charge in [0.05, 0.1) is 5.92 Å². The Hall–Kier alpha value is -3.91. The van der Waals surface area contributed by atoms with Crippen molar-refractivity contribution in [2.24, 2.45) is 4.99 Å². The van der Waals surface area contributed by atoms with Gasteiger partial charge in [0.1, 0.15) is 12.1 Å². The monoisotopic (exact) mass is 443 g/mol. The van der Waals surface area contributed by atoms with Gasteiger partial charge in [0.2, 0.25) is 0 Å². The predicted octanol–water partition coefficient (Wildman–Crippen LogP) is 7.39. The van der Waals surface area contributed by atoms with E-state index in [2.05, 4.69) is 116 Å². The van der Waals surface area contributed by atoms with E-state index in [1.54, 1.807) is 0 Å². The van der Waals surface area contributed by atoms with Crippen LogP contribution in [0.2, 0.25) is 0 Å². The lowest BCUT2D eigenvalue weighted by molar-refractivity contribution is 0.234. The van der Waals surface area contributed by atoms with Gasteiger partial charge in [-0.3, -0.25) is 0 Å². The first kappa shape index (κ1) is 21.9. The van der Waals surface area contributed by atoms with E-state index in [0.717, 1.165) is 12.3 Å². The van der Waals surface area contributed by atoms with Gasteiger partial charge in [0.25, 0.3) is 0 Å². The molecular formula is C32H29NO. The van der Waals surface area contributed by atoms with Crippen LogP contribution in [-0.4, -0.2) is 18.0 Å². The van der Waals surface area contributed by atoms with E-state index in [0.29, 0.717) is 6.61 Å². The highest BCUT2D eigenvalue weighted by Gasteiger charge is 2.46. The number of aliphatic imine (C=N–C) groups is 1. The van der Waals surface area contributed by atoms with E-state index in [-0.39, 0.29) is 11.8 Å². The molecule has 1 aliphatic rings. The van der Waals surface area contributed by atoms with Crippen molar-refractivity contribution >= 4 is 5.90 Å². The minimum Gasteiger partial charge on any atom is -0.478 e. The number of hydrogen-bond donors (Lipinski definition) is 0. The van der Waals surface area contributed by atoms with Crippen LogP contribution in [0.3, 0.4) is 0 Å². The van der Waals surface area contributed by atoms with Gasteiger partial charge in [-0.2, -0.15) is 0 Å². The van der Waals surface area contributed by atoms with Crippen LogP contribution in [0.25, 0.3) is 0 Å². The molecule has 2 nitrogen and oxygen atoms in total. The van der Waals surface area contributed by atoms with Gasteiger partial charge < -0.3 is 4.74 Å². The van der Waals surface area contributed by atoms with Crippen LogP contribution in [-0.2, 0) is 4.74 Å². The maximum atomic E-state index is 6.52. The predicted molar refractivity (Wildman–Crippen MR) is 140 cm³/mol. The van der Waals surface area contributed by atoms with E-state index in [4.69, 9.17) is 9.73 Å². The summed E-state index contributed by atoms with van der Waals surface area (Å²) in [6.07, 6.45) is 2.70. The molecule has 1 aliphatic heterocycles. The average molecular weight is 444 g/mol. The summed E-state index contributed by atoms with van der Waals surface area (Å²) in [5, 5.41) is 0. The molecule has 5 rings (SSSR count). The third-order valence-electron chi connectivity index (χ3n) is 6.62. The molecule has 1 atom stereocenters. The highest BCUT2D eigenvalue weighted by Crippen LogP contribution is 2.45. The molecule has 0 radical (unpaired) electrons. The van der Waals surface area contributed by atoms with E-state index < -0.39 is 5.54 Å². The molecule has 0 bridgehead atoms. The van der Waals surface area contributed by atoms with Gasteiger partial charge in [-0.25, -0.2) is 4.99 Å². The van der Waals surface area contributed by atoms with E-state index in [1.165, 1.54) is 22.3 Å². The minimum atomic E-state index is -0.471. The number of nitrogens with zero attached hydrogens (tertiary/aromatic N) is 1. The topological polar surface area (TPSA) is 21.6 Å². The average Bonchev–Trinajstić information content (AvgIpc) is 3.31. The highest BCUT2D eigenvalue weighted by molar-refractivity contribution is 5.89. The molecule has 0 N–H and O–H groups in total. The van der Waals surface area contributed by atoms with Crippen molar-refractivity contribution in [3.63, 3.8) is 0 Å². The second-order valence-corrected chi connectivity index (χ2v) is 8.84. The minimum absolute atomic E-state index is 0.0533. The molecule has 4 aromatic rings. The summed E-state index contributed by atoms with van der Waals surface area (Å²) in [6.45, 7) is 4.61. The van der Waals surface area contributed by atoms with Crippen LogP contribution in [0.4, 0.5) is 0 Å². The van der Waals surface area contributed by atoms with Crippen molar-refractivity contribution in [1.82, 2.24) is 0 Å². The second-order valence-electron chi connectivity index (χ2n) is 8.84. The van der Waals surface area contributed by atoms with Crippen molar-refractivity contribution in [3.05, 3.63) is 156 Å². The molecule has 1 heterocycles. The summed E-state index contributed by atoms with van der Waals surface area (Å²) in [7, 11) is 0. The maximum absolute atomic E-state index is 6.52. The lowest BCUT2D eigenvalue weighted by atomic mass is 9.74. The number of rotatable bonds is 8. The second kappa shape index (κ2) is 9.93. The lowest BCUT2D eigenvalue weighted by Crippen LogP contribution is -2.36. The van der Waals surface area contributed by atoms with E-state index in [9.17, 15) is 0 Å². The number of benzene rings is 4. The Labute approximate surface area is 202 Å². The summed E-state index contributed by atoms with van der Waals surface area (Å²) in [5.41, 5.74) is 4.36. The molecule has 4 aromatic carbocycles. The molecule has 0 aliphatic carbocycles. The Morgan fingerprint density at radius 2 is 1.09 bits per heavy atom. The Kier molecular flexibility index (Phi) is 6.40. The molecule has 168 valence electrons. The summed E-state index contributed by atoms with van der Waals surface area (Å²) < 4.78 is 6.52. The number of ether oxygens (including phenoxy) is 1. The zero-order valence-electron chi connectivity index (χ0n) is 19.3. The number of hydrogen-bond acceptors (Lipinski definition) is 2. The van der Waals surface area contributed by atoms with Gasteiger partial charge in [-0.1, -0.05) is 127 Å². The Bertz CT molecular complexity index is 1160. The van der Waals surface area contributed by atoms with Gasteiger partial charge in [-0.15, -0.1) is 6.58 Å². The zero-order valence-corrected chi connectivity index (χ0v) is 19.3. The summed E-state index contributed by atoms with van der Waals surface area (Å²) in [5.74, 6) is 0.773. The summed E-state index contributed by atoms with van der Waals surface area (Å²) in [4.78, 5) is 5.44. The first-order valence-corrected chi connectivity index (χ1v) is 11.8. The van der Waals surface area contributed by atoms with Crippen LogP contribution in [0.15, 0.2) is 139 Å². The molecule has 0 saturated heterocycles. The van der Waals surface area contributed by atoms with Gasteiger partial charge >= 0.3 is 0 Å². The molecular weight excluding hydrogens is 414 g/mol. The molecule has 0 amide bonds. The first-order chi connectivity index (χ1) is 16.8. The van der Waals surface area contributed by atoms with Crippen molar-refractivity contribution in [2.75, 3.05) is 6.61 Å². The first-order valence-electron chi connectivity index (χ1n) is 11.8. The Balaban J connectivity index is 1.66. The molecule has 0 saturated carbocycles. The molecule has 2 heteroatoms. The largest absolute Gasteiger partial charge is 0.478 e. The van der Waals surface area contributed by atoms with Gasteiger partial charge in [0, 0.05) is 5.92 Å². The van der Waals surface area contributed by atoms with Crippen LogP contribution < -0.4 is 0 Å². The fourth-order valence-electron chi connectivity index (χ4n) is 5.12. The SMILES string of the molecule is C=CC[C@@]1(C(c2ccccc2)c2ccccc2)COC(C(c2ccccc2)c2ccccc2)=N1. The quantitative estimate of drug-likeness (QED) is 0.260. The standard InChI is InChI=1S/C32H29NO/c1-2-23-32(30(27-19-11-5-12-20-27)28-21-13-6-14-22-28)24-34-31(33-32)29(25-15-7-3-8-16-25)26-17-9-4-10-18-26/h2-22,29-30H,1,23-24H2/t32-/m0/s1. The van der Waals surface area contributed by atoms with Gasteiger partial charge in [0.15, 0.2) is 5.90 Å². The molecule has 0 fully saturated rings. The normalized spacial score (nSPS) is 17.4. The highest BCUT2D eigenvalue weighted by atomic mass is 16.5. The third kappa shape index (κ3) is 4.32. The Morgan fingerprint density at radius 1 is 0.676 bits per heavy atom. The molecule has 0 spiro atoms. The fraction of sp³-hybridized carbons (Fsp3) is 0.156. The summed E-state index contributed by atoms with van der Waals surface area (Å²) >= 11 is 0. The van der Waals surface area contributed by atoms with Crippen LogP contribution in [0.5, 0.6) is 0 Å². The van der Waals surface area contributed by atoms with Crippen LogP contribution >= 0.6 is 0 Å². The zero-order chi connectivity index (χ0) is 23.2. The van der Waals surface area contributed by atoms with Crippen molar-refractivity contribution in [2.45, 2.75) is 23.8 Å². The van der Waals surface area contributed by atoms with Crippen molar-refractivity contribution < 1.29 is 4.74 Å². The van der Waals surface area contributed by atoms with Crippen LogP contribution in [0.1, 0.15) is 40.5 Å². The molecule has 0 aromatic heterocycles. The lowest BCUT2D eigenvalue weighted by Gasteiger charge is -2.33. The Morgan fingerprint density at radius 3 is 1.50 bits per heavy atom. The van der Waals surface area contributed by atoms with E-state index >= 15 is 0 Å². The van der Waals surface area contributed by atoms with Crippen molar-refractivity contribution in [1.29, 1.82) is 0 Å². The maximum Gasteiger partial charge on any atom is 0.196 e. The third-order valence-corrected chi connectivity index (χ3v) is 6.62. The van der Waals surface area contributed by atoms with E-state index in [1.807, 2.05) is 18.2 Å². The van der Waals surface area contributed by atoms with Crippen molar-refractivity contribution in [3.8, 4) is 0 Å². The van der Waals surface area contributed by atoms with Gasteiger partial charge in [-0.05, 0) is 28.7 Å². The smallest absolute Gasteiger partial charge is 0.196 e. The molecule has 34 heavy (non-hydrogen) atoms. The molecule has 0 unspecified atom stereocenters. The summed E-state index contributed by atoms with van der Waals surface area (Å²) in [6, 6.07) is 42.3.